The zero-order chi connectivity index (χ0) is 13.7. The minimum Gasteiger partial charge on any atom is -0.481 e. The van der Waals surface area contributed by atoms with E-state index in [1.807, 2.05) is 25.1 Å². The average Bonchev–Trinajstić information content (AvgIpc) is 2.43. The number of ether oxygens (including phenoxy) is 1. The Bertz CT molecular complexity index is 433. The number of nitrogens with zero attached hydrogens (tertiary/aromatic N) is 1. The van der Waals surface area contributed by atoms with Crippen LogP contribution in [0.15, 0.2) is 24.3 Å². The van der Waals surface area contributed by atoms with Gasteiger partial charge in [0.1, 0.15) is 0 Å². The monoisotopic (exact) mass is 263 g/mol. The lowest BCUT2D eigenvalue weighted by Crippen LogP contribution is -2.39. The summed E-state index contributed by atoms with van der Waals surface area (Å²) >= 11 is 0. The highest BCUT2D eigenvalue weighted by Crippen LogP contribution is 2.29. The van der Waals surface area contributed by atoms with Crippen LogP contribution >= 0.6 is 0 Å². The van der Waals surface area contributed by atoms with Gasteiger partial charge in [0.25, 0.3) is 0 Å². The number of carboxylic acid groups (broad SMARTS) is 1. The minimum atomic E-state index is -0.704. The van der Waals surface area contributed by atoms with Gasteiger partial charge in [-0.2, -0.15) is 0 Å². The Kier molecular flexibility index (Phi) is 4.80. The maximum absolute atomic E-state index is 11.2. The fourth-order valence-electron chi connectivity index (χ4n) is 2.57. The van der Waals surface area contributed by atoms with E-state index in [-0.39, 0.29) is 5.92 Å². The Morgan fingerprint density at radius 1 is 1.47 bits per heavy atom. The van der Waals surface area contributed by atoms with Crippen LogP contribution in [0.25, 0.3) is 0 Å². The first-order valence-corrected chi connectivity index (χ1v) is 6.85. The second-order valence-electron chi connectivity index (χ2n) is 4.86. The molecule has 19 heavy (non-hydrogen) atoms. The van der Waals surface area contributed by atoms with Crippen LogP contribution < -0.4 is 4.90 Å². The van der Waals surface area contributed by atoms with Crippen LogP contribution in [-0.4, -0.2) is 37.4 Å². The van der Waals surface area contributed by atoms with Crippen molar-refractivity contribution in [1.82, 2.24) is 0 Å². The number of rotatable bonds is 6. The van der Waals surface area contributed by atoms with Gasteiger partial charge in [0.2, 0.25) is 0 Å². The Balaban J connectivity index is 2.06. The van der Waals surface area contributed by atoms with Gasteiger partial charge in [-0.25, -0.2) is 0 Å². The Hall–Kier alpha value is -1.55. The van der Waals surface area contributed by atoms with Gasteiger partial charge in [-0.1, -0.05) is 18.2 Å². The lowest BCUT2D eigenvalue weighted by atomic mass is 9.92. The van der Waals surface area contributed by atoms with Crippen LogP contribution in [0.1, 0.15) is 18.9 Å². The van der Waals surface area contributed by atoms with Crippen molar-refractivity contribution >= 4 is 11.7 Å². The number of fused-ring (bicyclic) bond motifs is 1. The minimum absolute atomic E-state index is 0.304. The molecule has 0 spiro atoms. The largest absolute Gasteiger partial charge is 0.481 e. The normalized spacial score (nSPS) is 18.2. The van der Waals surface area contributed by atoms with Crippen LogP contribution in [0.2, 0.25) is 0 Å². The molecule has 0 aliphatic carbocycles. The molecule has 0 radical (unpaired) electrons. The second-order valence-corrected chi connectivity index (χ2v) is 4.86. The molecule has 1 N–H and O–H groups in total. The number of aliphatic carboxylic acids is 1. The van der Waals surface area contributed by atoms with Gasteiger partial charge in [-0.3, -0.25) is 4.79 Å². The summed E-state index contributed by atoms with van der Waals surface area (Å²) in [5.41, 5.74) is 2.31. The van der Waals surface area contributed by atoms with Crippen LogP contribution in [0.3, 0.4) is 0 Å². The standard InChI is InChI=1S/C15H21NO3/c1-2-19-9-5-8-16-11-13(15(17)18)10-12-6-3-4-7-14(12)16/h3-4,6-7,13H,2,5,8-11H2,1H3,(H,17,18). The van der Waals surface area contributed by atoms with Gasteiger partial charge in [0.05, 0.1) is 5.92 Å². The van der Waals surface area contributed by atoms with Crippen LogP contribution in [0, 0.1) is 5.92 Å². The Morgan fingerprint density at radius 2 is 2.26 bits per heavy atom. The summed E-state index contributed by atoms with van der Waals surface area (Å²) in [5.74, 6) is -1.01. The van der Waals surface area contributed by atoms with Gasteiger partial charge in [0, 0.05) is 32.0 Å². The maximum Gasteiger partial charge on any atom is 0.308 e. The molecule has 1 aliphatic rings. The number of para-hydroxylation sites is 1. The first-order valence-electron chi connectivity index (χ1n) is 6.85. The molecule has 0 bridgehead atoms. The number of benzene rings is 1. The fourth-order valence-corrected chi connectivity index (χ4v) is 2.57. The number of carboxylic acids is 1. The van der Waals surface area contributed by atoms with Crippen LogP contribution in [0.4, 0.5) is 5.69 Å². The number of anilines is 1. The SMILES string of the molecule is CCOCCCN1CC(C(=O)O)Cc2ccccc21. The van der Waals surface area contributed by atoms with E-state index in [9.17, 15) is 9.90 Å². The third-order valence-electron chi connectivity index (χ3n) is 3.51. The number of carbonyl (C=O) groups is 1. The highest BCUT2D eigenvalue weighted by Gasteiger charge is 2.28. The molecule has 1 atom stereocenters. The topological polar surface area (TPSA) is 49.8 Å². The third-order valence-corrected chi connectivity index (χ3v) is 3.51. The molecule has 4 nitrogen and oxygen atoms in total. The molecule has 104 valence electrons. The lowest BCUT2D eigenvalue weighted by molar-refractivity contribution is -0.141. The first kappa shape index (κ1) is 13.9. The van der Waals surface area contributed by atoms with Crippen molar-refractivity contribution in [3.8, 4) is 0 Å². The van der Waals surface area contributed by atoms with Crippen molar-refractivity contribution in [3.63, 3.8) is 0 Å². The van der Waals surface area contributed by atoms with E-state index in [0.717, 1.165) is 31.7 Å². The lowest BCUT2D eigenvalue weighted by Gasteiger charge is -2.34. The average molecular weight is 263 g/mol. The predicted octanol–water partition coefficient (Wildman–Crippen LogP) is 2.18. The van der Waals surface area contributed by atoms with Crippen molar-refractivity contribution in [1.29, 1.82) is 0 Å². The van der Waals surface area contributed by atoms with E-state index < -0.39 is 5.97 Å². The summed E-state index contributed by atoms with van der Waals surface area (Å²) in [4.78, 5) is 13.4. The summed E-state index contributed by atoms with van der Waals surface area (Å²) < 4.78 is 5.34. The molecule has 0 aromatic heterocycles. The molecule has 0 saturated carbocycles. The van der Waals surface area contributed by atoms with Crippen molar-refractivity contribution in [2.45, 2.75) is 19.8 Å². The summed E-state index contributed by atoms with van der Waals surface area (Å²) in [5, 5.41) is 9.24. The number of hydrogen-bond donors (Lipinski definition) is 1. The molecular weight excluding hydrogens is 242 g/mol. The van der Waals surface area contributed by atoms with Gasteiger partial charge >= 0.3 is 5.97 Å². The van der Waals surface area contributed by atoms with E-state index in [1.54, 1.807) is 0 Å². The fraction of sp³-hybridized carbons (Fsp3) is 0.533. The number of hydrogen-bond acceptors (Lipinski definition) is 3. The quantitative estimate of drug-likeness (QED) is 0.799. The molecule has 2 rings (SSSR count). The van der Waals surface area contributed by atoms with Gasteiger partial charge in [-0.05, 0) is 31.4 Å². The molecule has 1 heterocycles. The summed E-state index contributed by atoms with van der Waals surface area (Å²) in [6.07, 6.45) is 1.56. The van der Waals surface area contributed by atoms with Crippen molar-refractivity contribution in [2.75, 3.05) is 31.2 Å². The van der Waals surface area contributed by atoms with E-state index in [1.165, 1.54) is 5.69 Å². The van der Waals surface area contributed by atoms with Crippen molar-refractivity contribution < 1.29 is 14.6 Å². The summed E-state index contributed by atoms with van der Waals surface area (Å²) in [6, 6.07) is 8.09. The van der Waals surface area contributed by atoms with E-state index >= 15 is 0 Å². The maximum atomic E-state index is 11.2. The molecular formula is C15H21NO3. The first-order chi connectivity index (χ1) is 9.22. The molecule has 1 aromatic rings. The van der Waals surface area contributed by atoms with E-state index in [2.05, 4.69) is 11.0 Å². The van der Waals surface area contributed by atoms with Gasteiger partial charge in [-0.15, -0.1) is 0 Å². The molecule has 0 amide bonds. The zero-order valence-electron chi connectivity index (χ0n) is 11.3. The van der Waals surface area contributed by atoms with E-state index in [4.69, 9.17) is 4.74 Å². The molecule has 0 fully saturated rings. The highest BCUT2D eigenvalue weighted by molar-refractivity contribution is 5.73. The van der Waals surface area contributed by atoms with Gasteiger partial charge in [0.15, 0.2) is 0 Å². The zero-order valence-corrected chi connectivity index (χ0v) is 11.3. The third kappa shape index (κ3) is 3.47. The smallest absolute Gasteiger partial charge is 0.308 e. The highest BCUT2D eigenvalue weighted by atomic mass is 16.5. The molecule has 0 saturated heterocycles. The van der Waals surface area contributed by atoms with Gasteiger partial charge < -0.3 is 14.7 Å². The van der Waals surface area contributed by atoms with E-state index in [0.29, 0.717) is 13.0 Å². The Morgan fingerprint density at radius 3 is 3.00 bits per heavy atom. The molecule has 1 aliphatic heterocycles. The second kappa shape index (κ2) is 6.57. The summed E-state index contributed by atoms with van der Waals surface area (Å²) in [6.45, 7) is 4.89. The summed E-state index contributed by atoms with van der Waals surface area (Å²) in [7, 11) is 0. The predicted molar refractivity (Wildman–Crippen MR) is 74.6 cm³/mol. The van der Waals surface area contributed by atoms with Crippen molar-refractivity contribution in [3.05, 3.63) is 29.8 Å². The van der Waals surface area contributed by atoms with Crippen LogP contribution in [-0.2, 0) is 16.0 Å². The Labute approximate surface area is 114 Å². The molecule has 1 aromatic carbocycles. The van der Waals surface area contributed by atoms with Crippen LogP contribution in [0.5, 0.6) is 0 Å². The van der Waals surface area contributed by atoms with Crippen molar-refractivity contribution in [2.24, 2.45) is 5.92 Å². The molecule has 4 heteroatoms. The molecule has 1 unspecified atom stereocenters.